The smallest absolute Gasteiger partial charge is 0.316 e. The van der Waals surface area contributed by atoms with Gasteiger partial charge in [-0.1, -0.05) is 37.1 Å². The summed E-state index contributed by atoms with van der Waals surface area (Å²) in [5, 5.41) is 23.7. The van der Waals surface area contributed by atoms with E-state index in [1.165, 1.54) is 33.9 Å². The zero-order chi connectivity index (χ0) is 46.4. The number of nitrogens with zero attached hydrogens (tertiary/aromatic N) is 4. The number of carbonyl (C=O) groups is 4. The Balaban J connectivity index is 1.67. The average Bonchev–Trinajstić information content (AvgIpc) is 3.76. The number of ketones is 2. The van der Waals surface area contributed by atoms with Gasteiger partial charge in [-0.05, 0) is 92.5 Å². The molecule has 0 unspecified atom stereocenters. The molecular weight excluding hydrogens is 815 g/mol. The van der Waals surface area contributed by atoms with Crippen LogP contribution in [-0.4, -0.2) is 125 Å². The molecule has 0 saturated carbocycles. The molecule has 1 fully saturated rings. The molecule has 5 heterocycles. The van der Waals surface area contributed by atoms with Crippen LogP contribution < -0.4 is 5.32 Å². The number of cyclic esters (lactones) is 1. The van der Waals surface area contributed by atoms with E-state index in [1.54, 1.807) is 39.1 Å². The van der Waals surface area contributed by atoms with E-state index in [9.17, 15) is 24.3 Å². The largest absolute Gasteiger partial charge is 0.459 e. The van der Waals surface area contributed by atoms with Crippen molar-refractivity contribution < 1.29 is 57.3 Å². The maximum absolute atomic E-state index is 14.7. The van der Waals surface area contributed by atoms with E-state index in [1.807, 2.05) is 40.9 Å². The Hall–Kier alpha value is -4.39. The van der Waals surface area contributed by atoms with E-state index < -0.39 is 71.2 Å². The van der Waals surface area contributed by atoms with Crippen LogP contribution in [0.5, 0.6) is 0 Å². The number of fused-ring (bicyclic) bond motifs is 4. The molecule has 5 rings (SSSR count). The van der Waals surface area contributed by atoms with Crippen molar-refractivity contribution in [3.63, 3.8) is 0 Å². The minimum Gasteiger partial charge on any atom is -0.459 e. The second kappa shape index (κ2) is 21.1. The predicted octanol–water partition coefficient (Wildman–Crippen LogP) is 5.19. The van der Waals surface area contributed by atoms with Crippen molar-refractivity contribution in [3.05, 3.63) is 47.4 Å². The minimum atomic E-state index is -1.88. The zero-order valence-corrected chi connectivity index (χ0v) is 38.8. The number of ether oxygens (including phenoxy) is 5. The Kier molecular flexibility index (Phi) is 16.6. The Morgan fingerprint density at radius 2 is 1.81 bits per heavy atom. The monoisotopic (exact) mass is 881 g/mol. The summed E-state index contributed by atoms with van der Waals surface area (Å²) in [7, 11) is 3.90. The molecule has 12 atom stereocenters. The number of amides is 1. The fourth-order valence-corrected chi connectivity index (χ4v) is 9.36. The number of hydrogen-bond acceptors (Lipinski definition) is 16. The molecule has 1 amide bonds. The normalized spacial score (nSPS) is 34.5. The first kappa shape index (κ1) is 49.6. The van der Waals surface area contributed by atoms with E-state index in [4.69, 9.17) is 33.0 Å². The third-order valence-electron chi connectivity index (χ3n) is 12.6. The zero-order valence-electron chi connectivity index (χ0n) is 38.8. The molecule has 2 N–H and O–H groups in total. The molecule has 2 aromatic heterocycles. The average molecular weight is 882 g/mol. The van der Waals surface area contributed by atoms with Crippen LogP contribution in [0.3, 0.4) is 0 Å². The van der Waals surface area contributed by atoms with Crippen molar-refractivity contribution in [1.82, 2.24) is 20.4 Å². The van der Waals surface area contributed by atoms with E-state index in [0.29, 0.717) is 34.7 Å². The highest BCUT2D eigenvalue weighted by Crippen LogP contribution is 2.42. The fraction of sp³-hybridized carbons (Fsp3) is 0.674. The van der Waals surface area contributed by atoms with Gasteiger partial charge in [-0.25, -0.2) is 0 Å². The van der Waals surface area contributed by atoms with Crippen molar-refractivity contribution in [2.75, 3.05) is 27.3 Å². The molecule has 0 spiro atoms. The lowest BCUT2D eigenvalue weighted by Crippen LogP contribution is -2.58. The highest BCUT2D eigenvalue weighted by molar-refractivity contribution is 6.00. The van der Waals surface area contributed by atoms with Gasteiger partial charge in [-0.2, -0.15) is 0 Å². The first-order valence-electron chi connectivity index (χ1n) is 21.9. The second-order valence-electron chi connectivity index (χ2n) is 18.2. The van der Waals surface area contributed by atoms with Gasteiger partial charge in [0.2, 0.25) is 5.91 Å². The van der Waals surface area contributed by atoms with Crippen LogP contribution >= 0.6 is 0 Å². The second-order valence-corrected chi connectivity index (χ2v) is 18.2. The van der Waals surface area contributed by atoms with E-state index >= 15 is 0 Å². The first-order chi connectivity index (χ1) is 29.7. The topological polar surface area (TPSA) is 210 Å². The van der Waals surface area contributed by atoms with Crippen LogP contribution in [0.1, 0.15) is 100 Å². The summed E-state index contributed by atoms with van der Waals surface area (Å²) in [6.07, 6.45) is -0.357. The molecule has 17 nitrogen and oxygen atoms in total. The van der Waals surface area contributed by atoms with Crippen molar-refractivity contribution in [2.24, 2.45) is 28.8 Å². The summed E-state index contributed by atoms with van der Waals surface area (Å²) >= 11 is 0. The van der Waals surface area contributed by atoms with Crippen molar-refractivity contribution >= 4 is 29.2 Å². The molecule has 0 radical (unpaired) electrons. The third kappa shape index (κ3) is 11.9. The molecule has 348 valence electrons. The van der Waals surface area contributed by atoms with Gasteiger partial charge in [-0.15, -0.1) is 0 Å². The molecule has 17 heteroatoms. The number of oxime groups is 1. The van der Waals surface area contributed by atoms with Crippen LogP contribution in [0.2, 0.25) is 0 Å². The number of esters is 1. The number of pyridine rings is 1. The molecule has 1 saturated heterocycles. The first-order valence-corrected chi connectivity index (χ1v) is 21.9. The van der Waals surface area contributed by atoms with Gasteiger partial charge in [0.25, 0.3) is 0 Å². The molecular formula is C46H67N5O12. The van der Waals surface area contributed by atoms with Crippen LogP contribution in [0.15, 0.2) is 51.5 Å². The quantitative estimate of drug-likeness (QED) is 0.169. The molecule has 3 aliphatic rings. The Morgan fingerprint density at radius 1 is 1.08 bits per heavy atom. The molecule has 2 aromatic rings. The minimum absolute atomic E-state index is 0.0268. The molecule has 3 aliphatic heterocycles. The maximum Gasteiger partial charge on any atom is 0.316 e. The lowest BCUT2D eigenvalue weighted by atomic mass is 9.76. The van der Waals surface area contributed by atoms with E-state index in [2.05, 4.69) is 25.5 Å². The summed E-state index contributed by atoms with van der Waals surface area (Å²) in [5.74, 6) is -4.40. The summed E-state index contributed by atoms with van der Waals surface area (Å²) in [4.78, 5) is 66.9. The number of nitrogens with one attached hydrogen (secondary N) is 1. The SMILES string of the molecule is CC[C@H]1OC(=O)[C@H](C)C(=O)[C@H](C)[C@@H](O[C@@H]2O[C@H](C)C[C@H](N(C)C)[C@H]2CC(C)=O)[C@@]2(C)C[C@@H](C)C(NC(C)=O)=C(C)[C@@H](OCC(=NOCc3ccc(-c4ccno4)nc3)CO2)[C@]1(C)O. The summed E-state index contributed by atoms with van der Waals surface area (Å²) < 4.78 is 38.4. The maximum atomic E-state index is 14.7. The van der Waals surface area contributed by atoms with E-state index in [0.717, 1.165) is 0 Å². The number of aliphatic hydroxyl groups is 1. The van der Waals surface area contributed by atoms with Gasteiger partial charge in [0, 0.05) is 54.7 Å². The van der Waals surface area contributed by atoms with Crippen molar-refractivity contribution in [2.45, 2.75) is 149 Å². The van der Waals surface area contributed by atoms with Gasteiger partial charge in [0.15, 0.2) is 17.8 Å². The van der Waals surface area contributed by atoms with Crippen LogP contribution in [0.25, 0.3) is 11.5 Å². The van der Waals surface area contributed by atoms with Crippen LogP contribution in [0, 0.1) is 23.7 Å². The van der Waals surface area contributed by atoms with Crippen LogP contribution in [0.4, 0.5) is 0 Å². The number of rotatable bonds is 11. The summed E-state index contributed by atoms with van der Waals surface area (Å²) in [6.45, 7) is 16.4. The number of carbonyl (C=O) groups excluding carboxylic acids is 4. The summed E-state index contributed by atoms with van der Waals surface area (Å²) in [5.41, 5.74) is -0.753. The molecule has 2 bridgehead atoms. The number of aromatic nitrogens is 2. The van der Waals surface area contributed by atoms with Gasteiger partial charge >= 0.3 is 5.97 Å². The Labute approximate surface area is 370 Å². The van der Waals surface area contributed by atoms with Crippen molar-refractivity contribution in [3.8, 4) is 11.5 Å². The fourth-order valence-electron chi connectivity index (χ4n) is 9.36. The van der Waals surface area contributed by atoms with Crippen molar-refractivity contribution in [1.29, 1.82) is 0 Å². The van der Waals surface area contributed by atoms with Crippen LogP contribution in [-0.2, 0) is 54.3 Å². The summed E-state index contributed by atoms with van der Waals surface area (Å²) in [6, 6.07) is 5.20. The third-order valence-corrected chi connectivity index (χ3v) is 12.6. The number of hydrogen-bond donors (Lipinski definition) is 2. The standard InChI is InChI=1S/C46H67N5O12/c1-13-38-46(10,56)42-28(5)39(49-31(8)53)25(2)20-45(9,58-24-33(23-57-42)50-59-22-32-14-15-35(47-21-32)37-16-17-48-63-37)41(29(6)40(54)30(7)43(55)61-38)62-44-34(18-26(3)52)36(51(11)12)19-27(4)60-44/h14-17,21,25,27,29-30,34,36,38,41-42,44,56H,13,18-20,22-24H2,1-12H3,(H,49,53)/t25-,27-,29+,30-,34-,36+,38-,41-,42-,44+,45-,46-/m1/s1. The number of allylic oxidation sites excluding steroid dienone is 1. The Bertz CT molecular complexity index is 1970. The molecule has 63 heavy (non-hydrogen) atoms. The predicted molar refractivity (Wildman–Crippen MR) is 231 cm³/mol. The van der Waals surface area contributed by atoms with Gasteiger partial charge in [0.1, 0.15) is 47.5 Å². The lowest BCUT2D eigenvalue weighted by molar-refractivity contribution is -0.284. The lowest BCUT2D eigenvalue weighted by Gasteiger charge is -2.48. The van der Waals surface area contributed by atoms with Gasteiger partial charge < -0.3 is 53.2 Å². The molecule has 0 aromatic carbocycles. The van der Waals surface area contributed by atoms with E-state index in [-0.39, 0.29) is 68.6 Å². The number of Topliss-reactive ketones (excluding diaryl/α,β-unsaturated/α-hetero) is 2. The highest BCUT2D eigenvalue weighted by atomic mass is 16.7. The highest BCUT2D eigenvalue weighted by Gasteiger charge is 2.52. The molecule has 0 aliphatic carbocycles. The van der Waals surface area contributed by atoms with Gasteiger partial charge in [-0.3, -0.25) is 19.4 Å². The Morgan fingerprint density at radius 3 is 2.41 bits per heavy atom. The van der Waals surface area contributed by atoms with Gasteiger partial charge in [0.05, 0.1) is 37.2 Å².